The van der Waals surface area contributed by atoms with Crippen molar-refractivity contribution in [3.8, 4) is 5.75 Å². The summed E-state index contributed by atoms with van der Waals surface area (Å²) >= 11 is 0. The topological polar surface area (TPSA) is 38.8 Å². The molecule has 0 bridgehead atoms. The molecule has 1 aliphatic carbocycles. The number of hydrogen-bond acceptors (Lipinski definition) is 4. The van der Waals surface area contributed by atoms with E-state index in [0.29, 0.717) is 37.1 Å². The van der Waals surface area contributed by atoms with E-state index >= 15 is 0 Å². The number of methoxy groups -OCH3 is 1. The van der Waals surface area contributed by atoms with E-state index in [-0.39, 0.29) is 5.78 Å². The standard InChI is InChI=1S/C16H23NO3/c1-3-20-16-7-5-4-6-14(16)15(18)12-17(10-11-19-2)13-8-9-13/h4-7,13H,3,8-12H2,1-2H3. The summed E-state index contributed by atoms with van der Waals surface area (Å²) in [4.78, 5) is 14.7. The highest BCUT2D eigenvalue weighted by atomic mass is 16.5. The second-order valence-corrected chi connectivity index (χ2v) is 5.05. The van der Waals surface area contributed by atoms with Crippen LogP contribution in [0.2, 0.25) is 0 Å². The maximum atomic E-state index is 12.5. The van der Waals surface area contributed by atoms with E-state index in [9.17, 15) is 4.79 Å². The Balaban J connectivity index is 2.02. The molecule has 0 amide bonds. The zero-order chi connectivity index (χ0) is 14.4. The van der Waals surface area contributed by atoms with Crippen molar-refractivity contribution in [2.45, 2.75) is 25.8 Å². The fourth-order valence-corrected chi connectivity index (χ4v) is 2.29. The molecule has 1 aromatic rings. The molecule has 0 unspecified atom stereocenters. The third-order valence-corrected chi connectivity index (χ3v) is 3.48. The molecule has 0 spiro atoms. The maximum absolute atomic E-state index is 12.5. The number of nitrogens with zero attached hydrogens (tertiary/aromatic N) is 1. The average Bonchev–Trinajstić information content (AvgIpc) is 3.28. The number of para-hydroxylation sites is 1. The Bertz CT molecular complexity index is 443. The lowest BCUT2D eigenvalue weighted by Gasteiger charge is -2.21. The Kier molecular flexibility index (Phi) is 5.56. The van der Waals surface area contributed by atoms with Gasteiger partial charge in [0.2, 0.25) is 0 Å². The van der Waals surface area contributed by atoms with Gasteiger partial charge in [0.05, 0.1) is 25.3 Å². The average molecular weight is 277 g/mol. The van der Waals surface area contributed by atoms with E-state index in [1.807, 2.05) is 31.2 Å². The van der Waals surface area contributed by atoms with E-state index in [2.05, 4.69) is 4.90 Å². The van der Waals surface area contributed by atoms with Crippen molar-refractivity contribution in [1.82, 2.24) is 4.90 Å². The summed E-state index contributed by atoms with van der Waals surface area (Å²) in [5, 5.41) is 0. The van der Waals surface area contributed by atoms with Gasteiger partial charge in [-0.05, 0) is 31.9 Å². The highest BCUT2D eigenvalue weighted by Crippen LogP contribution is 2.27. The number of rotatable bonds is 9. The Hall–Kier alpha value is -1.39. The first-order chi connectivity index (χ1) is 9.76. The van der Waals surface area contributed by atoms with Gasteiger partial charge in [-0.15, -0.1) is 0 Å². The van der Waals surface area contributed by atoms with Crippen LogP contribution in [0.15, 0.2) is 24.3 Å². The molecular formula is C16H23NO3. The minimum Gasteiger partial charge on any atom is -0.493 e. The zero-order valence-electron chi connectivity index (χ0n) is 12.3. The lowest BCUT2D eigenvalue weighted by molar-refractivity contribution is 0.0882. The lowest BCUT2D eigenvalue weighted by atomic mass is 10.1. The van der Waals surface area contributed by atoms with Crippen LogP contribution in [-0.2, 0) is 4.74 Å². The first kappa shape index (κ1) is 15.0. The summed E-state index contributed by atoms with van der Waals surface area (Å²) in [7, 11) is 1.69. The van der Waals surface area contributed by atoms with Crippen LogP contribution in [0.1, 0.15) is 30.1 Å². The van der Waals surface area contributed by atoms with Crippen molar-refractivity contribution in [3.63, 3.8) is 0 Å². The molecule has 1 saturated carbocycles. The second-order valence-electron chi connectivity index (χ2n) is 5.05. The minimum absolute atomic E-state index is 0.122. The maximum Gasteiger partial charge on any atom is 0.180 e. The van der Waals surface area contributed by atoms with Crippen LogP contribution in [0.4, 0.5) is 0 Å². The van der Waals surface area contributed by atoms with Crippen molar-refractivity contribution in [2.24, 2.45) is 0 Å². The van der Waals surface area contributed by atoms with Crippen molar-refractivity contribution in [2.75, 3.05) is 33.4 Å². The van der Waals surface area contributed by atoms with Crippen molar-refractivity contribution >= 4 is 5.78 Å². The van der Waals surface area contributed by atoms with Gasteiger partial charge < -0.3 is 9.47 Å². The van der Waals surface area contributed by atoms with E-state index in [1.165, 1.54) is 12.8 Å². The Labute approximate surface area is 120 Å². The molecule has 20 heavy (non-hydrogen) atoms. The zero-order valence-corrected chi connectivity index (χ0v) is 12.3. The molecular weight excluding hydrogens is 254 g/mol. The molecule has 4 nitrogen and oxygen atoms in total. The number of ketones is 1. The molecule has 0 N–H and O–H groups in total. The predicted octanol–water partition coefficient (Wildman–Crippen LogP) is 2.38. The van der Waals surface area contributed by atoms with E-state index < -0.39 is 0 Å². The Morgan fingerprint density at radius 2 is 2.10 bits per heavy atom. The van der Waals surface area contributed by atoms with Gasteiger partial charge in [-0.2, -0.15) is 0 Å². The van der Waals surface area contributed by atoms with E-state index in [0.717, 1.165) is 6.54 Å². The Morgan fingerprint density at radius 1 is 1.35 bits per heavy atom. The van der Waals surface area contributed by atoms with Gasteiger partial charge in [0.1, 0.15) is 5.75 Å². The summed E-state index contributed by atoms with van der Waals surface area (Å²) < 4.78 is 10.7. The van der Waals surface area contributed by atoms with E-state index in [1.54, 1.807) is 7.11 Å². The van der Waals surface area contributed by atoms with Crippen LogP contribution in [0, 0.1) is 0 Å². The molecule has 0 heterocycles. The van der Waals surface area contributed by atoms with Crippen LogP contribution in [0.25, 0.3) is 0 Å². The van der Waals surface area contributed by atoms with Crippen LogP contribution < -0.4 is 4.74 Å². The summed E-state index contributed by atoms with van der Waals surface area (Å²) in [6.07, 6.45) is 2.37. The van der Waals surface area contributed by atoms with Crippen LogP contribution >= 0.6 is 0 Å². The minimum atomic E-state index is 0.122. The van der Waals surface area contributed by atoms with Crippen LogP contribution in [0.5, 0.6) is 5.75 Å². The molecule has 1 aromatic carbocycles. The van der Waals surface area contributed by atoms with Crippen molar-refractivity contribution < 1.29 is 14.3 Å². The van der Waals surface area contributed by atoms with Gasteiger partial charge in [0.15, 0.2) is 5.78 Å². The summed E-state index contributed by atoms with van der Waals surface area (Å²) in [6.45, 7) is 4.41. The number of hydrogen-bond donors (Lipinski definition) is 0. The SMILES string of the molecule is CCOc1ccccc1C(=O)CN(CCOC)C1CC1. The Morgan fingerprint density at radius 3 is 2.75 bits per heavy atom. The number of benzene rings is 1. The highest BCUT2D eigenvalue weighted by molar-refractivity contribution is 6.00. The number of carbonyl (C=O) groups excluding carboxylic acids is 1. The largest absolute Gasteiger partial charge is 0.493 e. The molecule has 0 saturated heterocycles. The normalized spacial score (nSPS) is 14.6. The summed E-state index contributed by atoms with van der Waals surface area (Å²) in [5.74, 6) is 0.805. The van der Waals surface area contributed by atoms with Gasteiger partial charge in [-0.25, -0.2) is 0 Å². The van der Waals surface area contributed by atoms with Gasteiger partial charge in [-0.3, -0.25) is 9.69 Å². The fourth-order valence-electron chi connectivity index (χ4n) is 2.29. The monoisotopic (exact) mass is 277 g/mol. The van der Waals surface area contributed by atoms with Crippen molar-refractivity contribution in [1.29, 1.82) is 0 Å². The number of ether oxygens (including phenoxy) is 2. The smallest absolute Gasteiger partial charge is 0.180 e. The van der Waals surface area contributed by atoms with Gasteiger partial charge in [0.25, 0.3) is 0 Å². The molecule has 0 aliphatic heterocycles. The molecule has 2 rings (SSSR count). The quantitative estimate of drug-likeness (QED) is 0.650. The highest BCUT2D eigenvalue weighted by Gasteiger charge is 2.30. The van der Waals surface area contributed by atoms with Crippen LogP contribution in [0.3, 0.4) is 0 Å². The third-order valence-electron chi connectivity index (χ3n) is 3.48. The molecule has 1 aliphatic rings. The third kappa shape index (κ3) is 4.05. The number of Topliss-reactive ketones (excluding diaryl/α,β-unsaturated/α-hetero) is 1. The molecule has 110 valence electrons. The second kappa shape index (κ2) is 7.41. The molecule has 0 atom stereocenters. The number of carbonyl (C=O) groups is 1. The van der Waals surface area contributed by atoms with Crippen LogP contribution in [-0.4, -0.2) is 50.1 Å². The van der Waals surface area contributed by atoms with E-state index in [4.69, 9.17) is 9.47 Å². The lowest BCUT2D eigenvalue weighted by Crippen LogP contribution is -2.34. The first-order valence-electron chi connectivity index (χ1n) is 7.24. The molecule has 1 fully saturated rings. The van der Waals surface area contributed by atoms with Gasteiger partial charge >= 0.3 is 0 Å². The molecule has 0 radical (unpaired) electrons. The summed E-state index contributed by atoms with van der Waals surface area (Å²) in [6, 6.07) is 8.02. The molecule has 0 aromatic heterocycles. The first-order valence-corrected chi connectivity index (χ1v) is 7.24. The predicted molar refractivity (Wildman–Crippen MR) is 78.4 cm³/mol. The van der Waals surface area contributed by atoms with Crippen molar-refractivity contribution in [3.05, 3.63) is 29.8 Å². The van der Waals surface area contributed by atoms with Gasteiger partial charge in [0, 0.05) is 19.7 Å². The van der Waals surface area contributed by atoms with Gasteiger partial charge in [-0.1, -0.05) is 12.1 Å². The fraction of sp³-hybridized carbons (Fsp3) is 0.562. The molecule has 4 heteroatoms. The summed E-state index contributed by atoms with van der Waals surface area (Å²) in [5.41, 5.74) is 0.678.